The van der Waals surface area contributed by atoms with Crippen molar-refractivity contribution in [3.05, 3.63) is 39.1 Å². The van der Waals surface area contributed by atoms with Crippen LogP contribution >= 0.6 is 12.2 Å². The fraction of sp³-hybridized carbons (Fsp3) is 0.333. The summed E-state index contributed by atoms with van der Waals surface area (Å²) < 4.78 is 15.5. The van der Waals surface area contributed by atoms with Crippen LogP contribution < -0.4 is 5.56 Å². The third-order valence-electron chi connectivity index (χ3n) is 3.35. The number of aromatic amines is 1. The first-order valence-electron chi connectivity index (χ1n) is 5.61. The summed E-state index contributed by atoms with van der Waals surface area (Å²) in [7, 11) is 0. The van der Waals surface area contributed by atoms with Gasteiger partial charge in [0.1, 0.15) is 5.82 Å². The molecule has 1 aliphatic rings. The van der Waals surface area contributed by atoms with Gasteiger partial charge in [-0.1, -0.05) is 6.07 Å². The van der Waals surface area contributed by atoms with Crippen molar-refractivity contribution in [2.45, 2.75) is 25.3 Å². The average molecular weight is 250 g/mol. The molecule has 0 atom stereocenters. The minimum absolute atomic E-state index is 0.180. The van der Waals surface area contributed by atoms with Crippen LogP contribution in [0.25, 0.3) is 10.9 Å². The van der Waals surface area contributed by atoms with E-state index in [4.69, 9.17) is 12.2 Å². The van der Waals surface area contributed by atoms with Gasteiger partial charge in [-0.2, -0.15) is 0 Å². The second kappa shape index (κ2) is 3.77. The minimum atomic E-state index is -0.438. The highest BCUT2D eigenvalue weighted by Gasteiger charge is 2.22. The quantitative estimate of drug-likeness (QED) is 0.790. The molecule has 3 rings (SSSR count). The van der Waals surface area contributed by atoms with Crippen molar-refractivity contribution < 1.29 is 4.39 Å². The molecule has 5 heteroatoms. The first kappa shape index (κ1) is 10.7. The molecule has 1 fully saturated rings. The number of aromatic nitrogens is 2. The number of hydrogen-bond donors (Lipinski definition) is 1. The van der Waals surface area contributed by atoms with E-state index in [1.165, 1.54) is 6.07 Å². The predicted octanol–water partition coefficient (Wildman–Crippen LogP) is 2.92. The monoisotopic (exact) mass is 250 g/mol. The Balaban J connectivity index is 2.39. The molecule has 0 bridgehead atoms. The van der Waals surface area contributed by atoms with Gasteiger partial charge in [-0.05, 0) is 43.6 Å². The molecule has 2 aromatic rings. The molecule has 1 N–H and O–H groups in total. The van der Waals surface area contributed by atoms with E-state index in [9.17, 15) is 9.18 Å². The van der Waals surface area contributed by atoms with E-state index in [1.54, 1.807) is 16.7 Å². The molecule has 17 heavy (non-hydrogen) atoms. The van der Waals surface area contributed by atoms with Gasteiger partial charge in [-0.25, -0.2) is 4.39 Å². The fourth-order valence-electron chi connectivity index (χ4n) is 2.20. The van der Waals surface area contributed by atoms with E-state index in [1.807, 2.05) is 0 Å². The highest BCUT2D eigenvalue weighted by atomic mass is 32.1. The lowest BCUT2D eigenvalue weighted by atomic mass is 9.93. The molecule has 0 unspecified atom stereocenters. The van der Waals surface area contributed by atoms with E-state index in [2.05, 4.69) is 4.98 Å². The largest absolute Gasteiger partial charge is 0.329 e. The topological polar surface area (TPSA) is 37.8 Å². The first-order chi connectivity index (χ1) is 8.18. The van der Waals surface area contributed by atoms with Crippen LogP contribution in [0, 0.1) is 10.6 Å². The highest BCUT2D eigenvalue weighted by molar-refractivity contribution is 7.71. The molecule has 0 spiro atoms. The summed E-state index contributed by atoms with van der Waals surface area (Å²) in [6.07, 6.45) is 3.06. The van der Waals surface area contributed by atoms with E-state index in [-0.39, 0.29) is 17.1 Å². The van der Waals surface area contributed by atoms with Gasteiger partial charge in [-0.3, -0.25) is 9.36 Å². The van der Waals surface area contributed by atoms with Crippen LogP contribution in [0.3, 0.4) is 0 Å². The molecule has 0 saturated heterocycles. The number of halogens is 1. The number of fused-ring (bicyclic) bond motifs is 1. The van der Waals surface area contributed by atoms with Gasteiger partial charge >= 0.3 is 0 Å². The number of benzene rings is 1. The second-order valence-corrected chi connectivity index (χ2v) is 4.74. The molecule has 1 saturated carbocycles. The van der Waals surface area contributed by atoms with E-state index in [0.29, 0.717) is 10.2 Å². The number of nitrogens with zero attached hydrogens (tertiary/aromatic N) is 1. The average Bonchev–Trinajstić information content (AvgIpc) is 2.23. The van der Waals surface area contributed by atoms with Crippen molar-refractivity contribution in [3.63, 3.8) is 0 Å². The minimum Gasteiger partial charge on any atom is -0.329 e. The zero-order chi connectivity index (χ0) is 12.0. The van der Waals surface area contributed by atoms with Crippen LogP contribution in [-0.2, 0) is 0 Å². The van der Waals surface area contributed by atoms with Gasteiger partial charge in [0.05, 0.1) is 10.9 Å². The van der Waals surface area contributed by atoms with Crippen LogP contribution in [-0.4, -0.2) is 9.55 Å². The molecular weight excluding hydrogens is 239 g/mol. The Hall–Kier alpha value is -1.49. The summed E-state index contributed by atoms with van der Waals surface area (Å²) in [5.74, 6) is -0.438. The van der Waals surface area contributed by atoms with Crippen LogP contribution in [0.1, 0.15) is 25.3 Å². The lowest BCUT2D eigenvalue weighted by Gasteiger charge is -2.27. The molecule has 1 aliphatic carbocycles. The number of nitrogens with one attached hydrogen (secondary N) is 1. The third-order valence-corrected chi connectivity index (χ3v) is 3.65. The Morgan fingerprint density at radius 2 is 2.18 bits per heavy atom. The van der Waals surface area contributed by atoms with Crippen LogP contribution in [0.5, 0.6) is 0 Å². The first-order valence-corrected chi connectivity index (χ1v) is 6.02. The summed E-state index contributed by atoms with van der Waals surface area (Å²) >= 11 is 5.14. The van der Waals surface area contributed by atoms with Crippen molar-refractivity contribution >= 4 is 23.1 Å². The molecule has 3 nitrogen and oxygen atoms in total. The van der Waals surface area contributed by atoms with Crippen molar-refractivity contribution in [2.24, 2.45) is 0 Å². The smallest absolute Gasteiger partial charge is 0.262 e. The van der Waals surface area contributed by atoms with Crippen molar-refractivity contribution in [1.29, 1.82) is 0 Å². The maximum absolute atomic E-state index is 13.5. The van der Waals surface area contributed by atoms with Gasteiger partial charge in [-0.15, -0.1) is 0 Å². The lowest BCUT2D eigenvalue weighted by Crippen LogP contribution is -2.30. The Kier molecular flexibility index (Phi) is 2.36. The Morgan fingerprint density at radius 1 is 1.41 bits per heavy atom. The van der Waals surface area contributed by atoms with Gasteiger partial charge in [0, 0.05) is 6.04 Å². The van der Waals surface area contributed by atoms with Gasteiger partial charge in [0.2, 0.25) is 0 Å². The van der Waals surface area contributed by atoms with Gasteiger partial charge in [0.25, 0.3) is 5.56 Å². The number of H-pyrrole nitrogens is 1. The molecule has 0 aliphatic heterocycles. The van der Waals surface area contributed by atoms with Gasteiger partial charge < -0.3 is 4.98 Å². The SMILES string of the molecule is O=c1c2cccc(F)c2[nH]c(=S)n1C1CCC1. The molecule has 0 radical (unpaired) electrons. The molecule has 1 heterocycles. The fourth-order valence-corrected chi connectivity index (χ4v) is 2.53. The van der Waals surface area contributed by atoms with E-state index in [0.717, 1.165) is 19.3 Å². The molecule has 88 valence electrons. The number of rotatable bonds is 1. The van der Waals surface area contributed by atoms with Crippen molar-refractivity contribution in [3.8, 4) is 0 Å². The summed E-state index contributed by atoms with van der Waals surface area (Å²) in [4.78, 5) is 15.1. The third kappa shape index (κ3) is 1.53. The Bertz CT molecular complexity index is 700. The Morgan fingerprint density at radius 3 is 2.82 bits per heavy atom. The van der Waals surface area contributed by atoms with Crippen LogP contribution in [0.15, 0.2) is 23.0 Å². The normalized spacial score (nSPS) is 16.1. The van der Waals surface area contributed by atoms with Gasteiger partial charge in [0.15, 0.2) is 4.77 Å². The van der Waals surface area contributed by atoms with Crippen LogP contribution in [0.2, 0.25) is 0 Å². The molecule has 1 aromatic heterocycles. The van der Waals surface area contributed by atoms with E-state index >= 15 is 0 Å². The lowest BCUT2D eigenvalue weighted by molar-refractivity contribution is 0.302. The predicted molar refractivity (Wildman–Crippen MR) is 66.2 cm³/mol. The molecular formula is C12H11FN2OS. The Labute approximate surface area is 102 Å². The van der Waals surface area contributed by atoms with Crippen molar-refractivity contribution in [2.75, 3.05) is 0 Å². The maximum Gasteiger partial charge on any atom is 0.262 e. The standard InChI is InChI=1S/C12H11FN2OS/c13-9-6-2-5-8-10(9)14-12(17)15(11(8)16)7-3-1-4-7/h2,5-7H,1,3-4H2,(H,14,17). The summed E-state index contributed by atoms with van der Waals surface area (Å²) in [6.45, 7) is 0. The molecule has 1 aromatic carbocycles. The second-order valence-electron chi connectivity index (χ2n) is 4.35. The van der Waals surface area contributed by atoms with Crippen LogP contribution in [0.4, 0.5) is 4.39 Å². The van der Waals surface area contributed by atoms with E-state index < -0.39 is 5.82 Å². The summed E-state index contributed by atoms with van der Waals surface area (Å²) in [6, 6.07) is 4.67. The number of para-hydroxylation sites is 1. The maximum atomic E-state index is 13.5. The summed E-state index contributed by atoms with van der Waals surface area (Å²) in [5.41, 5.74) is 0.0195. The zero-order valence-corrected chi connectivity index (χ0v) is 9.89. The summed E-state index contributed by atoms with van der Waals surface area (Å²) in [5, 5.41) is 0.366. The highest BCUT2D eigenvalue weighted by Crippen LogP contribution is 2.30. The number of hydrogen-bond acceptors (Lipinski definition) is 2. The zero-order valence-electron chi connectivity index (χ0n) is 9.07. The molecule has 0 amide bonds. The van der Waals surface area contributed by atoms with Crippen molar-refractivity contribution in [1.82, 2.24) is 9.55 Å².